The average Bonchev–Trinajstić information content (AvgIpc) is 2.58. The van der Waals surface area contributed by atoms with Crippen LogP contribution >= 0.6 is 0 Å². The van der Waals surface area contributed by atoms with Gasteiger partial charge in [0, 0.05) is 25.0 Å². The summed E-state index contributed by atoms with van der Waals surface area (Å²) >= 11 is 0. The number of rotatable bonds is 1. The Morgan fingerprint density at radius 3 is 3.08 bits per heavy atom. The zero-order valence-corrected chi connectivity index (χ0v) is 7.21. The van der Waals surface area contributed by atoms with Crippen LogP contribution in [0.25, 0.3) is 0 Å². The number of ether oxygens (including phenoxy) is 1. The summed E-state index contributed by atoms with van der Waals surface area (Å²) in [6.07, 6.45) is 4.14. The third-order valence-electron chi connectivity index (χ3n) is 2.19. The lowest BCUT2D eigenvalue weighted by atomic mass is 10.1. The monoisotopic (exact) mass is 166 g/mol. The second-order valence-electron chi connectivity index (χ2n) is 3.28. The van der Waals surface area contributed by atoms with Gasteiger partial charge in [0.15, 0.2) is 0 Å². The molecule has 0 aromatic carbocycles. The highest BCUT2D eigenvalue weighted by Crippen LogP contribution is 2.18. The van der Waals surface area contributed by atoms with Crippen LogP contribution in [0.15, 0.2) is 18.5 Å². The van der Waals surface area contributed by atoms with Gasteiger partial charge >= 0.3 is 0 Å². The van der Waals surface area contributed by atoms with Gasteiger partial charge in [-0.3, -0.25) is 0 Å². The number of morpholine rings is 1. The van der Waals surface area contributed by atoms with Crippen molar-refractivity contribution in [2.45, 2.75) is 19.1 Å². The summed E-state index contributed by atoms with van der Waals surface area (Å²) in [5, 5.41) is 3.38. The van der Waals surface area contributed by atoms with Gasteiger partial charge in [-0.2, -0.15) is 0 Å². The van der Waals surface area contributed by atoms with E-state index in [9.17, 15) is 0 Å². The normalized spacial score (nSPS) is 30.4. The lowest BCUT2D eigenvalue weighted by Crippen LogP contribution is -2.40. The van der Waals surface area contributed by atoms with Crippen molar-refractivity contribution in [3.05, 3.63) is 24.0 Å². The molecule has 0 radical (unpaired) electrons. The van der Waals surface area contributed by atoms with Crippen LogP contribution in [-0.4, -0.2) is 24.2 Å². The molecule has 1 saturated heterocycles. The van der Waals surface area contributed by atoms with E-state index >= 15 is 0 Å². The first kappa shape index (κ1) is 7.83. The number of hydrogen-bond donors (Lipinski definition) is 2. The molecule has 0 aliphatic carbocycles. The number of aromatic nitrogens is 1. The molecule has 1 aliphatic heterocycles. The molecule has 0 bridgehead atoms. The van der Waals surface area contributed by atoms with Crippen LogP contribution in [0, 0.1) is 0 Å². The summed E-state index contributed by atoms with van der Waals surface area (Å²) < 4.78 is 5.65. The number of H-pyrrole nitrogens is 1. The predicted molar refractivity (Wildman–Crippen MR) is 47.0 cm³/mol. The fourth-order valence-corrected chi connectivity index (χ4v) is 1.44. The van der Waals surface area contributed by atoms with E-state index in [0.29, 0.717) is 6.04 Å². The summed E-state index contributed by atoms with van der Waals surface area (Å²) in [6, 6.07) is 2.54. The first-order valence-corrected chi connectivity index (χ1v) is 4.34. The molecule has 2 unspecified atom stereocenters. The van der Waals surface area contributed by atoms with Gasteiger partial charge in [0.2, 0.25) is 0 Å². The summed E-state index contributed by atoms with van der Waals surface area (Å²) in [5.41, 5.74) is 1.23. The molecule has 2 heterocycles. The summed E-state index contributed by atoms with van der Waals surface area (Å²) in [7, 11) is 0. The van der Waals surface area contributed by atoms with Crippen LogP contribution in [0.2, 0.25) is 0 Å². The topological polar surface area (TPSA) is 37.0 Å². The van der Waals surface area contributed by atoms with Gasteiger partial charge in [-0.25, -0.2) is 0 Å². The Bertz CT molecular complexity index is 225. The van der Waals surface area contributed by atoms with E-state index in [-0.39, 0.29) is 6.10 Å². The van der Waals surface area contributed by atoms with Gasteiger partial charge in [0.25, 0.3) is 0 Å². The standard InChI is InChI=1S/C9H14N2O/c1-7-6-12-9(5-11-7)8-2-3-10-4-8/h2-4,7,9-11H,5-6H2,1H3. The Morgan fingerprint density at radius 2 is 2.50 bits per heavy atom. The van der Waals surface area contributed by atoms with Crippen molar-refractivity contribution in [3.8, 4) is 0 Å². The van der Waals surface area contributed by atoms with Crippen LogP contribution in [0.1, 0.15) is 18.6 Å². The second kappa shape index (κ2) is 3.29. The molecule has 0 amide bonds. The molecule has 3 heteroatoms. The SMILES string of the molecule is CC1COC(c2cc[nH]c2)CN1. The first-order valence-electron chi connectivity index (χ1n) is 4.34. The highest BCUT2D eigenvalue weighted by Gasteiger charge is 2.19. The van der Waals surface area contributed by atoms with Gasteiger partial charge < -0.3 is 15.0 Å². The Labute approximate surface area is 72.1 Å². The minimum absolute atomic E-state index is 0.229. The number of hydrogen-bond acceptors (Lipinski definition) is 2. The molecule has 1 fully saturated rings. The van der Waals surface area contributed by atoms with Crippen LogP contribution in [0.5, 0.6) is 0 Å². The maximum Gasteiger partial charge on any atom is 0.0964 e. The molecule has 2 atom stereocenters. The van der Waals surface area contributed by atoms with E-state index in [0.717, 1.165) is 13.2 Å². The van der Waals surface area contributed by atoms with Crippen molar-refractivity contribution in [1.29, 1.82) is 0 Å². The lowest BCUT2D eigenvalue weighted by Gasteiger charge is -2.27. The smallest absolute Gasteiger partial charge is 0.0964 e. The maximum atomic E-state index is 5.65. The number of nitrogens with one attached hydrogen (secondary N) is 2. The molecule has 1 aromatic heterocycles. The molecular formula is C9H14N2O. The van der Waals surface area contributed by atoms with E-state index in [2.05, 4.69) is 23.3 Å². The molecule has 0 saturated carbocycles. The van der Waals surface area contributed by atoms with Crippen LogP contribution in [0.3, 0.4) is 0 Å². The van der Waals surface area contributed by atoms with E-state index in [1.165, 1.54) is 5.56 Å². The quantitative estimate of drug-likeness (QED) is 0.654. The van der Waals surface area contributed by atoms with E-state index in [4.69, 9.17) is 4.74 Å². The molecule has 1 aliphatic rings. The molecular weight excluding hydrogens is 152 g/mol. The van der Waals surface area contributed by atoms with Crippen molar-refractivity contribution < 1.29 is 4.74 Å². The molecule has 66 valence electrons. The minimum atomic E-state index is 0.229. The van der Waals surface area contributed by atoms with E-state index in [1.54, 1.807) is 0 Å². The maximum absolute atomic E-state index is 5.65. The molecule has 0 spiro atoms. The lowest BCUT2D eigenvalue weighted by molar-refractivity contribution is 0.00703. The van der Waals surface area contributed by atoms with Crippen LogP contribution in [-0.2, 0) is 4.74 Å². The Balaban J connectivity index is 1.99. The minimum Gasteiger partial charge on any atom is -0.371 e. The van der Waals surface area contributed by atoms with Crippen molar-refractivity contribution in [2.75, 3.05) is 13.2 Å². The highest BCUT2D eigenvalue weighted by molar-refractivity contribution is 5.13. The van der Waals surface area contributed by atoms with Gasteiger partial charge in [-0.15, -0.1) is 0 Å². The van der Waals surface area contributed by atoms with Crippen LogP contribution < -0.4 is 5.32 Å². The predicted octanol–water partition coefficient (Wildman–Crippen LogP) is 1.06. The zero-order valence-electron chi connectivity index (χ0n) is 7.21. The Hall–Kier alpha value is -0.800. The largest absolute Gasteiger partial charge is 0.371 e. The molecule has 1 aromatic rings. The van der Waals surface area contributed by atoms with Crippen molar-refractivity contribution in [2.24, 2.45) is 0 Å². The van der Waals surface area contributed by atoms with Crippen molar-refractivity contribution >= 4 is 0 Å². The van der Waals surface area contributed by atoms with Crippen molar-refractivity contribution in [3.63, 3.8) is 0 Å². The molecule has 2 rings (SSSR count). The molecule has 2 N–H and O–H groups in total. The second-order valence-corrected chi connectivity index (χ2v) is 3.28. The van der Waals surface area contributed by atoms with Crippen molar-refractivity contribution in [1.82, 2.24) is 10.3 Å². The third-order valence-corrected chi connectivity index (χ3v) is 2.19. The fourth-order valence-electron chi connectivity index (χ4n) is 1.44. The summed E-state index contributed by atoms with van der Waals surface area (Å²) in [4.78, 5) is 3.03. The Kier molecular flexibility index (Phi) is 2.15. The fraction of sp³-hybridized carbons (Fsp3) is 0.556. The van der Waals surface area contributed by atoms with Crippen LogP contribution in [0.4, 0.5) is 0 Å². The summed E-state index contributed by atoms with van der Waals surface area (Å²) in [6.45, 7) is 3.85. The van der Waals surface area contributed by atoms with Gasteiger partial charge in [-0.1, -0.05) is 0 Å². The third kappa shape index (κ3) is 1.52. The average molecular weight is 166 g/mol. The van der Waals surface area contributed by atoms with Gasteiger partial charge in [0.05, 0.1) is 12.7 Å². The highest BCUT2D eigenvalue weighted by atomic mass is 16.5. The number of aromatic amines is 1. The summed E-state index contributed by atoms with van der Waals surface area (Å²) in [5.74, 6) is 0. The van der Waals surface area contributed by atoms with E-state index < -0.39 is 0 Å². The molecule has 3 nitrogen and oxygen atoms in total. The Morgan fingerprint density at radius 1 is 1.58 bits per heavy atom. The zero-order chi connectivity index (χ0) is 8.39. The molecule has 12 heavy (non-hydrogen) atoms. The van der Waals surface area contributed by atoms with Gasteiger partial charge in [0.1, 0.15) is 0 Å². The van der Waals surface area contributed by atoms with Gasteiger partial charge in [-0.05, 0) is 18.6 Å². The van der Waals surface area contributed by atoms with E-state index in [1.807, 2.05) is 12.4 Å². The first-order chi connectivity index (χ1) is 5.86.